The summed E-state index contributed by atoms with van der Waals surface area (Å²) in [5, 5.41) is 10.2. The molecule has 0 bridgehead atoms. The van der Waals surface area contributed by atoms with Crippen LogP contribution < -0.4 is 14.8 Å². The molecule has 168 valence electrons. The number of hydrogen-bond donors (Lipinski definition) is 2. The van der Waals surface area contributed by atoms with Crippen molar-refractivity contribution in [2.75, 3.05) is 38.8 Å². The summed E-state index contributed by atoms with van der Waals surface area (Å²) >= 11 is 0. The van der Waals surface area contributed by atoms with Gasteiger partial charge >= 0.3 is 0 Å². The molecule has 1 aromatic carbocycles. The van der Waals surface area contributed by atoms with Crippen molar-refractivity contribution in [1.29, 1.82) is 0 Å². The molecular formula is C21H28N4O5S. The maximum atomic E-state index is 12.7. The molecule has 2 aliphatic rings. The van der Waals surface area contributed by atoms with E-state index >= 15 is 0 Å². The molecule has 4 rings (SSSR count). The van der Waals surface area contributed by atoms with Gasteiger partial charge in [-0.15, -0.1) is 0 Å². The minimum absolute atomic E-state index is 0.0554. The number of amides is 1. The fourth-order valence-corrected chi connectivity index (χ4v) is 6.09. The Kier molecular flexibility index (Phi) is 6.19. The van der Waals surface area contributed by atoms with Crippen molar-refractivity contribution >= 4 is 15.7 Å². The number of carbonyl (C=O) groups excluding carboxylic acids is 1. The summed E-state index contributed by atoms with van der Waals surface area (Å²) in [6, 6.07) is 7.29. The molecule has 0 aliphatic carbocycles. The predicted molar refractivity (Wildman–Crippen MR) is 116 cm³/mol. The van der Waals surface area contributed by atoms with Crippen LogP contribution in [0.3, 0.4) is 0 Å². The van der Waals surface area contributed by atoms with E-state index in [9.17, 15) is 13.2 Å². The fourth-order valence-electron chi connectivity index (χ4n) is 4.33. The Morgan fingerprint density at radius 2 is 1.94 bits per heavy atom. The standard InChI is InChI=1S/C21H28N4O5S/c1-29-16-3-4-20(30-2)17(11-16)18-12-19(24-23-18)21(26)22-14-5-8-25(9-6-14)15-7-10-31(27,28)13-15/h3-4,11-12,14-15H,5-10,13H2,1-2H3,(H,22,26)(H,23,24)/t15-/m0/s1. The molecule has 9 nitrogen and oxygen atoms in total. The van der Waals surface area contributed by atoms with E-state index in [1.54, 1.807) is 32.4 Å². The lowest BCUT2D eigenvalue weighted by Gasteiger charge is -2.35. The molecule has 2 fully saturated rings. The Labute approximate surface area is 182 Å². The highest BCUT2D eigenvalue weighted by atomic mass is 32.2. The Hall–Kier alpha value is -2.59. The van der Waals surface area contributed by atoms with Crippen LogP contribution in [0.1, 0.15) is 29.8 Å². The van der Waals surface area contributed by atoms with Gasteiger partial charge in [-0.25, -0.2) is 8.42 Å². The van der Waals surface area contributed by atoms with Crippen LogP contribution in [-0.4, -0.2) is 80.3 Å². The van der Waals surface area contributed by atoms with E-state index in [1.165, 1.54) is 0 Å². The van der Waals surface area contributed by atoms with Crippen molar-refractivity contribution in [1.82, 2.24) is 20.4 Å². The molecule has 0 saturated carbocycles. The third-order valence-electron chi connectivity index (χ3n) is 6.09. The first kappa shape index (κ1) is 21.6. The first-order valence-electron chi connectivity index (χ1n) is 10.4. The normalized spacial score (nSPS) is 21.7. The van der Waals surface area contributed by atoms with E-state index in [4.69, 9.17) is 9.47 Å². The van der Waals surface area contributed by atoms with Crippen molar-refractivity contribution in [3.05, 3.63) is 30.0 Å². The summed E-state index contributed by atoms with van der Waals surface area (Å²) in [6.45, 7) is 1.58. The van der Waals surface area contributed by atoms with Crippen LogP contribution in [0.2, 0.25) is 0 Å². The van der Waals surface area contributed by atoms with Gasteiger partial charge in [0.05, 0.1) is 31.4 Å². The highest BCUT2D eigenvalue weighted by molar-refractivity contribution is 7.91. The van der Waals surface area contributed by atoms with Crippen LogP contribution in [0.25, 0.3) is 11.3 Å². The van der Waals surface area contributed by atoms with Gasteiger partial charge in [-0.05, 0) is 43.5 Å². The van der Waals surface area contributed by atoms with E-state index in [2.05, 4.69) is 20.4 Å². The van der Waals surface area contributed by atoms with E-state index in [0.29, 0.717) is 29.3 Å². The molecule has 2 saturated heterocycles. The monoisotopic (exact) mass is 448 g/mol. The molecule has 2 aromatic rings. The zero-order valence-corrected chi connectivity index (χ0v) is 18.6. The number of benzene rings is 1. The topological polar surface area (TPSA) is 114 Å². The lowest BCUT2D eigenvalue weighted by Crippen LogP contribution is -2.48. The Bertz CT molecular complexity index is 1040. The van der Waals surface area contributed by atoms with Gasteiger partial charge in [0.25, 0.3) is 5.91 Å². The average Bonchev–Trinajstić information content (AvgIpc) is 3.40. The molecule has 3 heterocycles. The number of aromatic amines is 1. The summed E-state index contributed by atoms with van der Waals surface area (Å²) in [5.41, 5.74) is 1.71. The number of sulfone groups is 1. The second-order valence-electron chi connectivity index (χ2n) is 8.07. The first-order chi connectivity index (χ1) is 14.9. The lowest BCUT2D eigenvalue weighted by atomic mass is 10.0. The van der Waals surface area contributed by atoms with Gasteiger partial charge in [-0.3, -0.25) is 14.8 Å². The van der Waals surface area contributed by atoms with Gasteiger partial charge in [-0.1, -0.05) is 0 Å². The number of aromatic nitrogens is 2. The highest BCUT2D eigenvalue weighted by Crippen LogP contribution is 2.32. The molecule has 0 spiro atoms. The molecule has 2 N–H and O–H groups in total. The van der Waals surface area contributed by atoms with Gasteiger partial charge in [0.1, 0.15) is 17.2 Å². The summed E-state index contributed by atoms with van der Waals surface area (Å²) in [6.07, 6.45) is 2.31. The molecule has 10 heteroatoms. The van der Waals surface area contributed by atoms with Gasteiger partial charge in [-0.2, -0.15) is 5.10 Å². The number of methoxy groups -OCH3 is 2. The van der Waals surface area contributed by atoms with E-state index < -0.39 is 9.84 Å². The van der Waals surface area contributed by atoms with Crippen LogP contribution in [-0.2, 0) is 9.84 Å². The lowest BCUT2D eigenvalue weighted by molar-refractivity contribution is 0.0893. The molecule has 31 heavy (non-hydrogen) atoms. The van der Waals surface area contributed by atoms with Crippen LogP contribution in [0.5, 0.6) is 11.5 Å². The second-order valence-corrected chi connectivity index (χ2v) is 10.3. The minimum atomic E-state index is -2.88. The molecular weight excluding hydrogens is 420 g/mol. The first-order valence-corrected chi connectivity index (χ1v) is 12.2. The number of nitrogens with zero attached hydrogens (tertiary/aromatic N) is 2. The molecule has 1 aromatic heterocycles. The quantitative estimate of drug-likeness (QED) is 0.688. The highest BCUT2D eigenvalue weighted by Gasteiger charge is 2.34. The van der Waals surface area contributed by atoms with Crippen molar-refractivity contribution in [3.63, 3.8) is 0 Å². The van der Waals surface area contributed by atoms with Crippen LogP contribution in [0.4, 0.5) is 0 Å². The number of likely N-dealkylation sites (tertiary alicyclic amines) is 1. The Balaban J connectivity index is 1.36. The number of H-pyrrole nitrogens is 1. The summed E-state index contributed by atoms with van der Waals surface area (Å²) in [4.78, 5) is 15.0. The number of piperidine rings is 1. The largest absolute Gasteiger partial charge is 0.497 e. The number of ether oxygens (including phenoxy) is 2. The summed E-state index contributed by atoms with van der Waals surface area (Å²) in [5.74, 6) is 1.65. The zero-order valence-electron chi connectivity index (χ0n) is 17.8. The molecule has 1 amide bonds. The SMILES string of the molecule is COc1ccc(OC)c(-c2cc(C(=O)NC3CCN([C@H]4CCS(=O)(=O)C4)CC3)[nH]n2)c1. The van der Waals surface area contributed by atoms with Crippen LogP contribution in [0, 0.1) is 0 Å². The maximum absolute atomic E-state index is 12.7. The zero-order chi connectivity index (χ0) is 22.0. The number of carbonyl (C=O) groups is 1. The summed E-state index contributed by atoms with van der Waals surface area (Å²) in [7, 11) is 0.289. The Morgan fingerprint density at radius 3 is 2.58 bits per heavy atom. The fraction of sp³-hybridized carbons (Fsp3) is 0.524. The van der Waals surface area contributed by atoms with Crippen molar-refractivity contribution in [3.8, 4) is 22.8 Å². The van der Waals surface area contributed by atoms with E-state index in [-0.39, 0.29) is 29.5 Å². The maximum Gasteiger partial charge on any atom is 0.269 e. The third-order valence-corrected chi connectivity index (χ3v) is 7.85. The molecule has 0 radical (unpaired) electrons. The van der Waals surface area contributed by atoms with Gasteiger partial charge in [0.15, 0.2) is 9.84 Å². The van der Waals surface area contributed by atoms with Crippen molar-refractivity contribution < 1.29 is 22.7 Å². The van der Waals surface area contributed by atoms with Crippen LogP contribution in [0.15, 0.2) is 24.3 Å². The van der Waals surface area contributed by atoms with Crippen molar-refractivity contribution in [2.24, 2.45) is 0 Å². The molecule has 0 unspecified atom stereocenters. The third kappa shape index (κ3) is 4.85. The molecule has 2 aliphatic heterocycles. The average molecular weight is 449 g/mol. The summed E-state index contributed by atoms with van der Waals surface area (Å²) < 4.78 is 34.1. The van der Waals surface area contributed by atoms with E-state index in [1.807, 2.05) is 6.07 Å². The molecule has 1 atom stereocenters. The number of rotatable bonds is 6. The van der Waals surface area contributed by atoms with Gasteiger partial charge < -0.3 is 14.8 Å². The number of hydrogen-bond acceptors (Lipinski definition) is 7. The smallest absolute Gasteiger partial charge is 0.269 e. The van der Waals surface area contributed by atoms with Gasteiger partial charge in [0, 0.05) is 30.7 Å². The second kappa shape index (κ2) is 8.88. The van der Waals surface area contributed by atoms with E-state index in [0.717, 1.165) is 31.5 Å². The number of nitrogens with one attached hydrogen (secondary N) is 2. The van der Waals surface area contributed by atoms with Crippen molar-refractivity contribution in [2.45, 2.75) is 31.3 Å². The predicted octanol–water partition coefficient (Wildman–Crippen LogP) is 1.48. The van der Waals surface area contributed by atoms with Gasteiger partial charge in [0.2, 0.25) is 0 Å². The minimum Gasteiger partial charge on any atom is -0.497 e. The Morgan fingerprint density at radius 1 is 1.16 bits per heavy atom. The van der Waals surface area contributed by atoms with Crippen LogP contribution >= 0.6 is 0 Å².